The molecule has 0 radical (unpaired) electrons. The van der Waals surface area contributed by atoms with Gasteiger partial charge in [0.25, 0.3) is 0 Å². The van der Waals surface area contributed by atoms with E-state index >= 15 is 0 Å². The zero-order chi connectivity index (χ0) is 15.3. The monoisotopic (exact) mass is 342 g/mol. The van der Waals surface area contributed by atoms with Crippen molar-refractivity contribution in [3.8, 4) is 11.5 Å². The molecule has 1 aliphatic heterocycles. The smallest absolute Gasteiger partial charge is 0.230 e. The van der Waals surface area contributed by atoms with Gasteiger partial charge in [0.15, 0.2) is 0 Å². The average molecular weight is 343 g/mol. The number of halogens is 1. The molecule has 2 fully saturated rings. The van der Waals surface area contributed by atoms with Gasteiger partial charge in [0, 0.05) is 17.5 Å². The summed E-state index contributed by atoms with van der Waals surface area (Å²) >= 11 is 0. The minimum atomic E-state index is 0. The van der Waals surface area contributed by atoms with E-state index in [1.165, 1.54) is 19.3 Å². The van der Waals surface area contributed by atoms with Crippen LogP contribution in [0.1, 0.15) is 31.1 Å². The van der Waals surface area contributed by atoms with Gasteiger partial charge >= 0.3 is 0 Å². The summed E-state index contributed by atoms with van der Waals surface area (Å²) in [7, 11) is 0. The molecule has 1 spiro atoms. The van der Waals surface area contributed by atoms with E-state index in [-0.39, 0.29) is 12.4 Å². The maximum Gasteiger partial charge on any atom is 0.230 e. The Morgan fingerprint density at radius 3 is 2.83 bits per heavy atom. The van der Waals surface area contributed by atoms with Crippen molar-refractivity contribution in [3.05, 3.63) is 42.4 Å². The summed E-state index contributed by atoms with van der Waals surface area (Å²) in [4.78, 5) is 9.16. The number of fused-ring (bicyclic) bond motifs is 1. The summed E-state index contributed by atoms with van der Waals surface area (Å²) < 4.78 is 5.60. The van der Waals surface area contributed by atoms with E-state index in [1.54, 1.807) is 6.20 Å². The van der Waals surface area contributed by atoms with E-state index in [0.29, 0.717) is 17.2 Å². The third kappa shape index (κ3) is 2.39. The van der Waals surface area contributed by atoms with Crippen molar-refractivity contribution < 1.29 is 4.52 Å². The number of hydrogen-bond acceptors (Lipinski definition) is 5. The molecule has 1 saturated heterocycles. The largest absolute Gasteiger partial charge is 0.339 e. The van der Waals surface area contributed by atoms with Crippen LogP contribution >= 0.6 is 12.4 Å². The van der Waals surface area contributed by atoms with Gasteiger partial charge in [-0.25, -0.2) is 0 Å². The molecule has 1 aromatic carbocycles. The van der Waals surface area contributed by atoms with Gasteiger partial charge in [0.2, 0.25) is 11.7 Å². The van der Waals surface area contributed by atoms with Crippen LogP contribution < -0.4 is 5.32 Å². The predicted molar refractivity (Wildman–Crippen MR) is 94.2 cm³/mol. The number of aromatic nitrogens is 3. The number of pyridine rings is 1. The second-order valence-corrected chi connectivity index (χ2v) is 6.71. The first-order chi connectivity index (χ1) is 11.4. The average Bonchev–Trinajstić information content (AvgIpc) is 3.08. The highest BCUT2D eigenvalue weighted by atomic mass is 35.5. The molecule has 2 aromatic heterocycles. The van der Waals surface area contributed by atoms with Crippen LogP contribution in [0.3, 0.4) is 0 Å². The van der Waals surface area contributed by atoms with Gasteiger partial charge in [0.1, 0.15) is 5.69 Å². The summed E-state index contributed by atoms with van der Waals surface area (Å²) in [5.74, 6) is 1.82. The standard InChI is InChI=1S/C18H18N4O.ClH/c1-2-4-13-12(3-1)5-8-20-15(13)16-21-17(23-22-16)14-11-18(14)6-9-19-10-7-18;/h1-5,8,14,19H,6-7,9-11H2;1H. The van der Waals surface area contributed by atoms with Gasteiger partial charge < -0.3 is 9.84 Å². The quantitative estimate of drug-likeness (QED) is 0.771. The van der Waals surface area contributed by atoms with Crippen LogP contribution in [-0.4, -0.2) is 28.2 Å². The van der Waals surface area contributed by atoms with Crippen molar-refractivity contribution in [2.45, 2.75) is 25.2 Å². The molecule has 1 atom stereocenters. The third-order valence-electron chi connectivity index (χ3n) is 5.41. The number of benzene rings is 1. The summed E-state index contributed by atoms with van der Waals surface area (Å²) in [6.07, 6.45) is 5.40. The van der Waals surface area contributed by atoms with Gasteiger partial charge in [-0.15, -0.1) is 12.4 Å². The molecule has 6 heteroatoms. The minimum Gasteiger partial charge on any atom is -0.339 e. The van der Waals surface area contributed by atoms with E-state index < -0.39 is 0 Å². The van der Waals surface area contributed by atoms with Crippen molar-refractivity contribution in [2.75, 3.05) is 13.1 Å². The molecule has 3 heterocycles. The highest BCUT2D eigenvalue weighted by Crippen LogP contribution is 2.63. The Hall–Kier alpha value is -1.98. The van der Waals surface area contributed by atoms with Crippen molar-refractivity contribution in [1.29, 1.82) is 0 Å². The molecule has 1 saturated carbocycles. The Morgan fingerprint density at radius 2 is 1.96 bits per heavy atom. The van der Waals surface area contributed by atoms with Crippen LogP contribution in [0, 0.1) is 5.41 Å². The van der Waals surface area contributed by atoms with Crippen LogP contribution in [0.2, 0.25) is 0 Å². The molecule has 24 heavy (non-hydrogen) atoms. The molecular formula is C18H19ClN4O. The lowest BCUT2D eigenvalue weighted by atomic mass is 9.92. The van der Waals surface area contributed by atoms with E-state index in [0.717, 1.165) is 35.4 Å². The van der Waals surface area contributed by atoms with E-state index in [9.17, 15) is 0 Å². The zero-order valence-corrected chi connectivity index (χ0v) is 14.1. The Morgan fingerprint density at radius 1 is 1.12 bits per heavy atom. The summed E-state index contributed by atoms with van der Waals surface area (Å²) in [6, 6.07) is 10.2. The minimum absolute atomic E-state index is 0. The number of nitrogens with zero attached hydrogens (tertiary/aromatic N) is 3. The second-order valence-electron chi connectivity index (χ2n) is 6.71. The molecule has 2 aliphatic rings. The van der Waals surface area contributed by atoms with Crippen LogP contribution in [0.4, 0.5) is 0 Å². The van der Waals surface area contributed by atoms with Crippen LogP contribution in [0.15, 0.2) is 41.1 Å². The van der Waals surface area contributed by atoms with Crippen molar-refractivity contribution in [2.24, 2.45) is 5.41 Å². The van der Waals surface area contributed by atoms with Gasteiger partial charge in [-0.05, 0) is 49.2 Å². The molecule has 1 unspecified atom stereocenters. The highest BCUT2D eigenvalue weighted by Gasteiger charge is 2.57. The lowest BCUT2D eigenvalue weighted by molar-refractivity contribution is 0.311. The molecular weight excluding hydrogens is 324 g/mol. The maximum absolute atomic E-state index is 5.60. The molecule has 1 aliphatic carbocycles. The second kappa shape index (κ2) is 5.83. The highest BCUT2D eigenvalue weighted by molar-refractivity contribution is 5.92. The lowest BCUT2D eigenvalue weighted by Crippen LogP contribution is -2.29. The van der Waals surface area contributed by atoms with Gasteiger partial charge in [0.05, 0.1) is 0 Å². The Bertz CT molecular complexity index is 867. The Balaban J connectivity index is 0.00000146. The van der Waals surface area contributed by atoms with E-state index in [2.05, 4.69) is 32.6 Å². The summed E-state index contributed by atoms with van der Waals surface area (Å²) in [5.41, 5.74) is 1.21. The van der Waals surface area contributed by atoms with E-state index in [4.69, 9.17) is 4.52 Å². The molecule has 5 rings (SSSR count). The predicted octanol–water partition coefficient (Wildman–Crippen LogP) is 3.56. The van der Waals surface area contributed by atoms with Gasteiger partial charge in [-0.2, -0.15) is 4.98 Å². The van der Waals surface area contributed by atoms with Crippen LogP contribution in [-0.2, 0) is 0 Å². The molecule has 0 bridgehead atoms. The molecule has 3 aromatic rings. The topological polar surface area (TPSA) is 63.8 Å². The normalized spacial score (nSPS) is 21.6. The van der Waals surface area contributed by atoms with Crippen molar-refractivity contribution >= 4 is 23.2 Å². The summed E-state index contributed by atoms with van der Waals surface area (Å²) in [5, 5.41) is 9.85. The Kier molecular flexibility index (Phi) is 3.77. The van der Waals surface area contributed by atoms with Crippen molar-refractivity contribution in [1.82, 2.24) is 20.4 Å². The molecule has 0 amide bonds. The fourth-order valence-electron chi connectivity index (χ4n) is 3.94. The number of hydrogen-bond donors (Lipinski definition) is 1. The number of nitrogens with one attached hydrogen (secondary N) is 1. The van der Waals surface area contributed by atoms with Crippen LogP contribution in [0.25, 0.3) is 22.3 Å². The molecule has 1 N–H and O–H groups in total. The first-order valence-electron chi connectivity index (χ1n) is 8.24. The fourth-order valence-corrected chi connectivity index (χ4v) is 3.94. The van der Waals surface area contributed by atoms with E-state index in [1.807, 2.05) is 18.2 Å². The van der Waals surface area contributed by atoms with Crippen molar-refractivity contribution in [3.63, 3.8) is 0 Å². The molecule has 124 valence electrons. The zero-order valence-electron chi connectivity index (χ0n) is 13.2. The SMILES string of the molecule is Cl.c1ccc2c(-c3noc(C4CC45CCNCC5)n3)nccc2c1. The van der Waals surface area contributed by atoms with Crippen LogP contribution in [0.5, 0.6) is 0 Å². The molecule has 5 nitrogen and oxygen atoms in total. The Labute approximate surface area is 146 Å². The maximum atomic E-state index is 5.60. The summed E-state index contributed by atoms with van der Waals surface area (Å²) in [6.45, 7) is 2.20. The van der Waals surface area contributed by atoms with Gasteiger partial charge in [-0.1, -0.05) is 29.4 Å². The third-order valence-corrected chi connectivity index (χ3v) is 5.41. The number of piperidine rings is 1. The lowest BCUT2D eigenvalue weighted by Gasteiger charge is -2.22. The van der Waals surface area contributed by atoms with Gasteiger partial charge in [-0.3, -0.25) is 4.98 Å². The first kappa shape index (κ1) is 15.5. The first-order valence-corrected chi connectivity index (χ1v) is 8.24. The number of rotatable bonds is 2. The fraction of sp³-hybridized carbons (Fsp3) is 0.389.